The van der Waals surface area contributed by atoms with Gasteiger partial charge < -0.3 is 15.0 Å². The number of alkyl halides is 3. The number of aromatic nitrogens is 4. The Labute approximate surface area is 182 Å². The van der Waals surface area contributed by atoms with E-state index in [1.807, 2.05) is 50.6 Å². The number of halogens is 3. The minimum absolute atomic E-state index is 0.258. The third-order valence-corrected chi connectivity index (χ3v) is 5.98. The number of benzene rings is 2. The summed E-state index contributed by atoms with van der Waals surface area (Å²) in [5.41, 5.74) is 4.01. The van der Waals surface area contributed by atoms with E-state index in [-0.39, 0.29) is 5.75 Å². The molecule has 0 saturated carbocycles. The molecule has 0 saturated heterocycles. The molecule has 2 aromatic heterocycles. The Balaban J connectivity index is 1.88. The molecule has 2 aromatic carbocycles. The molecule has 166 valence electrons. The fourth-order valence-electron chi connectivity index (χ4n) is 4.63. The molecule has 0 amide bonds. The number of aromatic amines is 1. The molecular weight excluding hydrogens is 419 g/mol. The highest BCUT2D eigenvalue weighted by Crippen LogP contribution is 2.48. The van der Waals surface area contributed by atoms with Crippen molar-refractivity contribution in [2.75, 3.05) is 5.32 Å². The Hall–Kier alpha value is -3.49. The van der Waals surface area contributed by atoms with Crippen LogP contribution in [-0.4, -0.2) is 26.1 Å². The summed E-state index contributed by atoms with van der Waals surface area (Å²) in [6.07, 6.45) is -2.99. The van der Waals surface area contributed by atoms with Crippen molar-refractivity contribution in [3.05, 3.63) is 53.2 Å². The Bertz CT molecular complexity index is 1380. The first-order valence-electron chi connectivity index (χ1n) is 10.2. The average Bonchev–Trinajstić information content (AvgIpc) is 3.25. The molecule has 4 aromatic rings. The second-order valence-electron chi connectivity index (χ2n) is 8.67. The molecule has 1 aliphatic rings. The Morgan fingerprint density at radius 3 is 2.56 bits per heavy atom. The van der Waals surface area contributed by atoms with Crippen molar-refractivity contribution >= 4 is 16.6 Å². The number of H-pyrrole nitrogens is 1. The molecule has 0 spiro atoms. The van der Waals surface area contributed by atoms with Gasteiger partial charge in [0.2, 0.25) is 0 Å². The molecule has 5 rings (SSSR count). The Morgan fingerprint density at radius 1 is 1.09 bits per heavy atom. The van der Waals surface area contributed by atoms with E-state index in [9.17, 15) is 13.2 Å². The second-order valence-corrected chi connectivity index (χ2v) is 8.67. The molecule has 32 heavy (non-hydrogen) atoms. The number of aryl methyl sites for hydroxylation is 2. The first-order chi connectivity index (χ1) is 15.0. The maximum absolute atomic E-state index is 13.4. The van der Waals surface area contributed by atoms with Gasteiger partial charge in [-0.05, 0) is 45.7 Å². The number of anilines is 1. The zero-order valence-corrected chi connectivity index (χ0v) is 18.3. The van der Waals surface area contributed by atoms with Crippen molar-refractivity contribution < 1.29 is 17.9 Å². The van der Waals surface area contributed by atoms with E-state index < -0.39 is 11.9 Å². The van der Waals surface area contributed by atoms with Gasteiger partial charge in [-0.15, -0.1) is 23.4 Å². The summed E-state index contributed by atoms with van der Waals surface area (Å²) in [6.45, 7) is 9.40. The van der Waals surface area contributed by atoms with Crippen molar-refractivity contribution in [3.8, 4) is 22.6 Å². The van der Waals surface area contributed by atoms with Gasteiger partial charge in [-0.1, -0.05) is 18.2 Å². The number of hydrogen-bond donors (Lipinski definition) is 2. The summed E-state index contributed by atoms with van der Waals surface area (Å²) in [5, 5.41) is 12.8. The van der Waals surface area contributed by atoms with Crippen LogP contribution < -0.4 is 10.1 Å². The van der Waals surface area contributed by atoms with Gasteiger partial charge >= 0.3 is 6.36 Å². The monoisotopic (exact) mass is 441 g/mol. The van der Waals surface area contributed by atoms with Crippen LogP contribution in [0.5, 0.6) is 5.75 Å². The largest absolute Gasteiger partial charge is 0.573 e. The molecule has 1 aliphatic heterocycles. The van der Waals surface area contributed by atoms with E-state index in [1.165, 1.54) is 6.07 Å². The fourth-order valence-corrected chi connectivity index (χ4v) is 4.63. The average molecular weight is 441 g/mol. The van der Waals surface area contributed by atoms with E-state index in [0.717, 1.165) is 16.5 Å². The van der Waals surface area contributed by atoms with Crippen LogP contribution in [0.4, 0.5) is 18.9 Å². The molecule has 0 aliphatic carbocycles. The van der Waals surface area contributed by atoms with Gasteiger partial charge in [0, 0.05) is 28.8 Å². The number of nitrogens with zero attached hydrogens (tertiary/aromatic N) is 3. The number of nitrogens with one attached hydrogen (secondary N) is 2. The van der Waals surface area contributed by atoms with Crippen LogP contribution in [-0.2, 0) is 5.54 Å². The zero-order chi connectivity index (χ0) is 23.0. The third-order valence-electron chi connectivity index (χ3n) is 5.98. The number of fused-ring (bicyclic) bond motifs is 4. The van der Waals surface area contributed by atoms with E-state index in [1.54, 1.807) is 13.0 Å². The summed E-state index contributed by atoms with van der Waals surface area (Å²) in [7, 11) is 0. The van der Waals surface area contributed by atoms with Crippen LogP contribution in [0.1, 0.15) is 36.6 Å². The zero-order valence-electron chi connectivity index (χ0n) is 18.3. The van der Waals surface area contributed by atoms with Gasteiger partial charge in [0.1, 0.15) is 11.6 Å². The molecule has 0 fully saturated rings. The Morgan fingerprint density at radius 2 is 1.84 bits per heavy atom. The summed E-state index contributed by atoms with van der Waals surface area (Å²) in [6, 6.07) is 7.00. The van der Waals surface area contributed by atoms with Gasteiger partial charge in [0.25, 0.3) is 0 Å². The topological polar surface area (TPSA) is 67.8 Å². The first-order valence-corrected chi connectivity index (χ1v) is 10.2. The second kappa shape index (κ2) is 6.51. The normalized spacial score (nSPS) is 14.8. The van der Waals surface area contributed by atoms with Crippen molar-refractivity contribution in [1.82, 2.24) is 19.7 Å². The van der Waals surface area contributed by atoms with Crippen LogP contribution in [0.25, 0.3) is 27.7 Å². The molecule has 6 nitrogen and oxygen atoms in total. The number of ether oxygens (including phenoxy) is 1. The van der Waals surface area contributed by atoms with Gasteiger partial charge in [-0.3, -0.25) is 4.57 Å². The smallest absolute Gasteiger partial charge is 0.405 e. The molecule has 9 heteroatoms. The lowest BCUT2D eigenvalue weighted by atomic mass is 9.92. The maximum atomic E-state index is 13.4. The number of para-hydroxylation sites is 1. The van der Waals surface area contributed by atoms with Crippen LogP contribution in [0.3, 0.4) is 0 Å². The molecule has 0 bridgehead atoms. The van der Waals surface area contributed by atoms with Crippen LogP contribution in [0, 0.1) is 20.8 Å². The minimum atomic E-state index is -4.84. The van der Waals surface area contributed by atoms with Gasteiger partial charge in [-0.25, -0.2) is 0 Å². The van der Waals surface area contributed by atoms with Crippen molar-refractivity contribution in [3.63, 3.8) is 0 Å². The quantitative estimate of drug-likeness (QED) is 0.406. The highest BCUT2D eigenvalue weighted by Gasteiger charge is 2.38. The maximum Gasteiger partial charge on any atom is 0.573 e. The lowest BCUT2D eigenvalue weighted by Crippen LogP contribution is -2.36. The molecular formula is C23H22F3N5O. The summed E-state index contributed by atoms with van der Waals surface area (Å²) in [5.74, 6) is 1.09. The van der Waals surface area contributed by atoms with E-state index in [4.69, 9.17) is 0 Å². The standard InChI is InChI=1S/C23H22F3N5O/c1-11-10-27-19-14(11)7-6-8-15(19)18-12(2)20-16(9-17(18)32-23(24,25)26)28-22(4,5)21-30-29-13(3)31(20)21/h6-10,27-28H,1-5H3. The summed E-state index contributed by atoms with van der Waals surface area (Å²) < 4.78 is 46.8. The Kier molecular flexibility index (Phi) is 4.15. The molecule has 0 radical (unpaired) electrons. The lowest BCUT2D eigenvalue weighted by Gasteiger charge is -2.35. The van der Waals surface area contributed by atoms with E-state index in [2.05, 4.69) is 25.2 Å². The van der Waals surface area contributed by atoms with Gasteiger partial charge in [0.05, 0.1) is 22.4 Å². The predicted molar refractivity (Wildman–Crippen MR) is 116 cm³/mol. The fraction of sp³-hybridized carbons (Fsp3) is 0.304. The van der Waals surface area contributed by atoms with Gasteiger partial charge in [0.15, 0.2) is 5.82 Å². The third kappa shape index (κ3) is 2.95. The lowest BCUT2D eigenvalue weighted by molar-refractivity contribution is -0.274. The highest BCUT2D eigenvalue weighted by molar-refractivity contribution is 5.99. The number of hydrogen-bond acceptors (Lipinski definition) is 4. The van der Waals surface area contributed by atoms with Crippen molar-refractivity contribution in [2.45, 2.75) is 46.5 Å². The molecule has 2 N–H and O–H groups in total. The SMILES string of the molecule is Cc1c(-c2cccc3c(C)c[nH]c23)c(OC(F)(F)F)cc2c1-n1c(C)nnc1C(C)(C)N2. The van der Waals surface area contributed by atoms with E-state index in [0.29, 0.717) is 39.7 Å². The summed E-state index contributed by atoms with van der Waals surface area (Å²) >= 11 is 0. The highest BCUT2D eigenvalue weighted by atomic mass is 19.4. The van der Waals surface area contributed by atoms with Crippen molar-refractivity contribution in [2.24, 2.45) is 0 Å². The molecule has 0 unspecified atom stereocenters. The summed E-state index contributed by atoms with van der Waals surface area (Å²) in [4.78, 5) is 3.21. The first kappa shape index (κ1) is 20.4. The van der Waals surface area contributed by atoms with Crippen LogP contribution in [0.2, 0.25) is 0 Å². The minimum Gasteiger partial charge on any atom is -0.405 e. The molecule has 0 atom stereocenters. The predicted octanol–water partition coefficient (Wildman–Crippen LogP) is 5.90. The number of rotatable bonds is 2. The van der Waals surface area contributed by atoms with Gasteiger partial charge in [-0.2, -0.15) is 0 Å². The molecule has 3 heterocycles. The van der Waals surface area contributed by atoms with E-state index >= 15 is 0 Å². The van der Waals surface area contributed by atoms with Crippen molar-refractivity contribution in [1.29, 1.82) is 0 Å². The van der Waals surface area contributed by atoms with Crippen LogP contribution in [0.15, 0.2) is 30.5 Å². The van der Waals surface area contributed by atoms with Crippen LogP contribution >= 0.6 is 0 Å².